The van der Waals surface area contributed by atoms with Gasteiger partial charge in [0.1, 0.15) is 0 Å². The average Bonchev–Trinajstić information content (AvgIpc) is 4.11. The molecule has 0 aliphatic carbocycles. The van der Waals surface area contributed by atoms with Crippen molar-refractivity contribution in [2.24, 2.45) is 0 Å². The number of aromatic nitrogens is 2. The van der Waals surface area contributed by atoms with Gasteiger partial charge in [0.2, 0.25) is 0 Å². The molecular weight excluding hydrogens is 769 g/mol. The van der Waals surface area contributed by atoms with Crippen LogP contribution in [0.5, 0.6) is 0 Å². The highest BCUT2D eigenvalue weighted by atomic mass is 32.1. The number of benzene rings is 8. The number of para-hydroxylation sites is 4. The Labute approximate surface area is 355 Å². The normalized spacial score (nSPS) is 11.7. The number of fused-ring (bicyclic) bond motifs is 7. The van der Waals surface area contributed by atoms with Crippen molar-refractivity contribution in [1.29, 1.82) is 0 Å². The lowest BCUT2D eigenvalue weighted by molar-refractivity contribution is 1.17. The lowest BCUT2D eigenvalue weighted by Crippen LogP contribution is -2.09. The van der Waals surface area contributed by atoms with Gasteiger partial charge < -0.3 is 18.9 Å². The Bertz CT molecular complexity index is 3140. The predicted octanol–water partition coefficient (Wildman–Crippen LogP) is 16.1. The van der Waals surface area contributed by atoms with Crippen LogP contribution < -0.4 is 9.80 Å². The Morgan fingerprint density at radius 2 is 0.633 bits per heavy atom. The molecule has 0 unspecified atom stereocenters. The van der Waals surface area contributed by atoms with E-state index in [1.807, 2.05) is 0 Å². The monoisotopic (exact) mass is 804 g/mol. The van der Waals surface area contributed by atoms with Gasteiger partial charge in [-0.2, -0.15) is 0 Å². The summed E-state index contributed by atoms with van der Waals surface area (Å²) in [4.78, 5) is 4.64. The van der Waals surface area contributed by atoms with Crippen molar-refractivity contribution in [1.82, 2.24) is 9.13 Å². The first-order valence-corrected chi connectivity index (χ1v) is 21.9. The highest BCUT2D eigenvalue weighted by Crippen LogP contribution is 2.45. The van der Waals surface area contributed by atoms with E-state index in [9.17, 15) is 0 Å². The molecule has 0 aliphatic heterocycles. The molecule has 0 bridgehead atoms. The van der Waals surface area contributed by atoms with Gasteiger partial charge in [-0.25, -0.2) is 0 Å². The van der Waals surface area contributed by atoms with Gasteiger partial charge in [0.25, 0.3) is 0 Å². The summed E-state index contributed by atoms with van der Waals surface area (Å²) in [7, 11) is 0. The van der Waals surface area contributed by atoms with Crippen LogP contribution in [-0.2, 0) is 0 Å². The summed E-state index contributed by atoms with van der Waals surface area (Å²) >= 11 is 3.60. The van der Waals surface area contributed by atoms with Crippen LogP contribution in [-0.4, -0.2) is 9.13 Å². The molecule has 12 rings (SSSR count). The molecule has 0 radical (unpaired) electrons. The van der Waals surface area contributed by atoms with E-state index in [0.717, 1.165) is 45.5 Å². The molecule has 0 saturated heterocycles. The van der Waals surface area contributed by atoms with Gasteiger partial charge in [0, 0.05) is 65.7 Å². The molecule has 4 aromatic heterocycles. The predicted molar refractivity (Wildman–Crippen MR) is 258 cm³/mol. The zero-order valence-electron chi connectivity index (χ0n) is 32.4. The van der Waals surface area contributed by atoms with Crippen LogP contribution in [0.25, 0.3) is 64.4 Å². The van der Waals surface area contributed by atoms with Gasteiger partial charge >= 0.3 is 0 Å². The van der Waals surface area contributed by atoms with Crippen LogP contribution in [0.4, 0.5) is 34.1 Å². The number of thiophene rings is 2. The maximum Gasteiger partial charge on any atom is 0.0804 e. The number of hydrogen-bond acceptors (Lipinski definition) is 4. The van der Waals surface area contributed by atoms with Crippen molar-refractivity contribution in [3.63, 3.8) is 0 Å². The number of nitrogens with zero attached hydrogens (tertiary/aromatic N) is 4. The van der Waals surface area contributed by atoms with Crippen LogP contribution in [0.1, 0.15) is 0 Å². The summed E-state index contributed by atoms with van der Waals surface area (Å²) in [5, 5.41) is 9.39. The molecular formula is C54H36N4S2. The molecule has 6 heteroatoms. The first kappa shape index (κ1) is 34.6. The van der Waals surface area contributed by atoms with Crippen LogP contribution in [0.3, 0.4) is 0 Å². The van der Waals surface area contributed by atoms with Crippen LogP contribution in [0, 0.1) is 0 Å². The molecule has 284 valence electrons. The highest BCUT2D eigenvalue weighted by Gasteiger charge is 2.24. The molecule has 0 N–H and O–H groups in total. The minimum absolute atomic E-state index is 1.10. The van der Waals surface area contributed by atoms with Crippen LogP contribution >= 0.6 is 22.7 Å². The Hall–Kier alpha value is -7.38. The highest BCUT2D eigenvalue weighted by molar-refractivity contribution is 7.17. The summed E-state index contributed by atoms with van der Waals surface area (Å²) in [6.07, 6.45) is 0. The van der Waals surface area contributed by atoms with E-state index in [1.54, 1.807) is 22.7 Å². The molecule has 0 saturated carbocycles. The van der Waals surface area contributed by atoms with Crippen molar-refractivity contribution in [2.75, 3.05) is 9.80 Å². The second-order valence-corrected chi connectivity index (χ2v) is 17.0. The minimum atomic E-state index is 1.10. The Morgan fingerprint density at radius 3 is 0.967 bits per heavy atom. The molecule has 4 heterocycles. The minimum Gasteiger partial charge on any atom is -0.311 e. The van der Waals surface area contributed by atoms with Crippen molar-refractivity contribution < 1.29 is 0 Å². The fourth-order valence-electron chi connectivity index (χ4n) is 8.93. The molecule has 12 aromatic rings. The first-order valence-electron chi connectivity index (χ1n) is 20.2. The zero-order valence-corrected chi connectivity index (χ0v) is 34.0. The van der Waals surface area contributed by atoms with Gasteiger partial charge in [-0.15, -0.1) is 22.7 Å². The molecule has 0 aliphatic rings. The smallest absolute Gasteiger partial charge is 0.0804 e. The van der Waals surface area contributed by atoms with Crippen LogP contribution in [0.15, 0.2) is 217 Å². The largest absolute Gasteiger partial charge is 0.311 e. The number of hydrogen-bond donors (Lipinski definition) is 0. The van der Waals surface area contributed by atoms with Gasteiger partial charge in [0.15, 0.2) is 0 Å². The van der Waals surface area contributed by atoms with Crippen molar-refractivity contribution in [2.45, 2.75) is 0 Å². The van der Waals surface area contributed by atoms with E-state index in [2.05, 4.69) is 236 Å². The van der Waals surface area contributed by atoms with Crippen LogP contribution in [0.2, 0.25) is 0 Å². The van der Waals surface area contributed by atoms with E-state index in [4.69, 9.17) is 0 Å². The van der Waals surface area contributed by atoms with E-state index in [1.165, 1.54) is 53.0 Å². The Morgan fingerprint density at radius 1 is 0.317 bits per heavy atom. The second-order valence-electron chi connectivity index (χ2n) is 15.1. The topological polar surface area (TPSA) is 16.3 Å². The van der Waals surface area contributed by atoms with Crippen molar-refractivity contribution in [3.05, 3.63) is 217 Å². The number of anilines is 6. The van der Waals surface area contributed by atoms with Gasteiger partial charge in [-0.1, -0.05) is 72.8 Å². The molecule has 0 fully saturated rings. The van der Waals surface area contributed by atoms with Crippen molar-refractivity contribution >= 4 is 110 Å². The standard InChI is InChI=1S/C54H36N4S2/c1-5-13-39(14-6-1)55(40-15-7-2-8-16-40)43-21-25-45(26-22-43)57-49-33-37-29-31-59-51(37)35-47(49)54-53(57)48-36-52-38(30-32-60-52)34-50(48)58(54)46-27-23-44(24-28-46)56(41-17-9-3-10-18-41)42-19-11-4-12-20-42/h1-36H. The van der Waals surface area contributed by atoms with E-state index >= 15 is 0 Å². The maximum absolute atomic E-state index is 2.50. The fraction of sp³-hybridized carbons (Fsp3) is 0. The summed E-state index contributed by atoms with van der Waals surface area (Å²) in [5.41, 5.74) is 13.7. The summed E-state index contributed by atoms with van der Waals surface area (Å²) < 4.78 is 7.57. The third-order valence-electron chi connectivity index (χ3n) is 11.6. The van der Waals surface area contributed by atoms with Gasteiger partial charge in [0.05, 0.1) is 22.1 Å². The molecule has 60 heavy (non-hydrogen) atoms. The molecule has 4 nitrogen and oxygen atoms in total. The zero-order chi connectivity index (χ0) is 39.6. The molecule has 0 spiro atoms. The summed E-state index contributed by atoms with van der Waals surface area (Å²) in [5.74, 6) is 0. The van der Waals surface area contributed by atoms with Crippen molar-refractivity contribution in [3.8, 4) is 11.4 Å². The maximum atomic E-state index is 2.50. The van der Waals surface area contributed by atoms with E-state index in [0.29, 0.717) is 0 Å². The summed E-state index contributed by atoms with van der Waals surface area (Å²) in [6, 6.07) is 74.7. The van der Waals surface area contributed by atoms with E-state index < -0.39 is 0 Å². The van der Waals surface area contributed by atoms with E-state index in [-0.39, 0.29) is 0 Å². The fourth-order valence-corrected chi connectivity index (χ4v) is 10.6. The first-order chi connectivity index (χ1) is 29.8. The summed E-state index contributed by atoms with van der Waals surface area (Å²) in [6.45, 7) is 0. The molecule has 8 aromatic carbocycles. The quantitative estimate of drug-likeness (QED) is 0.152. The molecule has 0 amide bonds. The van der Waals surface area contributed by atoms with Gasteiger partial charge in [-0.05, 0) is 155 Å². The Kier molecular flexibility index (Phi) is 8.18. The SMILES string of the molecule is c1ccc(N(c2ccccc2)c2ccc(-n3c4cc5ccsc5cc4c4c3c3cc5sccc5cc3n4-c3ccc(N(c4ccccc4)c4ccccc4)cc3)cc2)cc1. The Balaban J connectivity index is 1.09. The lowest BCUT2D eigenvalue weighted by Gasteiger charge is -2.25. The third-order valence-corrected chi connectivity index (χ3v) is 13.4. The average molecular weight is 805 g/mol. The second kappa shape index (κ2) is 14.2. The number of rotatable bonds is 8. The molecule has 0 atom stereocenters. The van der Waals surface area contributed by atoms with Gasteiger partial charge in [-0.3, -0.25) is 0 Å². The lowest BCUT2D eigenvalue weighted by atomic mass is 10.1. The third kappa shape index (κ3) is 5.64.